The van der Waals surface area contributed by atoms with E-state index < -0.39 is 0 Å². The van der Waals surface area contributed by atoms with E-state index in [0.29, 0.717) is 23.2 Å². The summed E-state index contributed by atoms with van der Waals surface area (Å²) in [7, 11) is 0. The van der Waals surface area contributed by atoms with Crippen molar-refractivity contribution in [3.05, 3.63) is 61.4 Å². The standard InChI is InChI=1S/C24H20N8O/c1-13(2)27-16-9-15(10-25-11-16)18-3-4-19-21(28-18)22(32-31-19)24-29-20-17(14-6-8-33-12-14)5-7-26-23(20)30-24/h3-13,27H,1-2H3,(H,31,32)(H,26,29,30). The summed E-state index contributed by atoms with van der Waals surface area (Å²) in [6.45, 7) is 4.18. The van der Waals surface area contributed by atoms with E-state index in [-0.39, 0.29) is 0 Å². The smallest absolute Gasteiger partial charge is 0.178 e. The Bertz CT molecular complexity index is 1580. The van der Waals surface area contributed by atoms with Crippen LogP contribution in [0.15, 0.2) is 65.9 Å². The maximum absolute atomic E-state index is 5.25. The molecule has 0 fully saturated rings. The second kappa shape index (κ2) is 7.56. The molecule has 162 valence electrons. The average Bonchev–Trinajstić information content (AvgIpc) is 3.57. The van der Waals surface area contributed by atoms with Crippen molar-refractivity contribution in [3.63, 3.8) is 0 Å². The van der Waals surface area contributed by atoms with Crippen LogP contribution in [0.25, 0.3) is 56.1 Å². The van der Waals surface area contributed by atoms with E-state index in [9.17, 15) is 0 Å². The molecule has 3 N–H and O–H groups in total. The summed E-state index contributed by atoms with van der Waals surface area (Å²) in [5.74, 6) is 0.595. The summed E-state index contributed by atoms with van der Waals surface area (Å²) in [5.41, 5.74) is 8.18. The van der Waals surface area contributed by atoms with Gasteiger partial charge in [0.25, 0.3) is 0 Å². The second-order valence-corrected chi connectivity index (χ2v) is 8.08. The van der Waals surface area contributed by atoms with Crippen LogP contribution >= 0.6 is 0 Å². The lowest BCUT2D eigenvalue weighted by atomic mass is 10.1. The Morgan fingerprint density at radius 1 is 1.03 bits per heavy atom. The highest BCUT2D eigenvalue weighted by atomic mass is 16.3. The Hall–Kier alpha value is -4.53. The monoisotopic (exact) mass is 436 g/mol. The maximum atomic E-state index is 5.25. The van der Waals surface area contributed by atoms with Gasteiger partial charge in [0.2, 0.25) is 0 Å². The maximum Gasteiger partial charge on any atom is 0.178 e. The van der Waals surface area contributed by atoms with E-state index >= 15 is 0 Å². The van der Waals surface area contributed by atoms with Crippen LogP contribution in [0.2, 0.25) is 0 Å². The van der Waals surface area contributed by atoms with Crippen molar-refractivity contribution in [2.24, 2.45) is 0 Å². The third-order valence-corrected chi connectivity index (χ3v) is 5.35. The Labute approximate surface area is 188 Å². The zero-order chi connectivity index (χ0) is 22.4. The molecule has 6 aromatic rings. The van der Waals surface area contributed by atoms with Gasteiger partial charge in [0.1, 0.15) is 5.52 Å². The lowest BCUT2D eigenvalue weighted by Gasteiger charge is -2.10. The minimum absolute atomic E-state index is 0.312. The average molecular weight is 436 g/mol. The van der Waals surface area contributed by atoms with Gasteiger partial charge in [-0.25, -0.2) is 15.0 Å². The number of hydrogen-bond acceptors (Lipinski definition) is 7. The number of fused-ring (bicyclic) bond motifs is 2. The molecule has 0 radical (unpaired) electrons. The van der Waals surface area contributed by atoms with Crippen molar-refractivity contribution in [2.45, 2.75) is 19.9 Å². The normalized spacial score (nSPS) is 11.6. The number of nitrogens with zero attached hydrogens (tertiary/aromatic N) is 5. The predicted molar refractivity (Wildman–Crippen MR) is 126 cm³/mol. The molecule has 0 saturated heterocycles. The van der Waals surface area contributed by atoms with Crippen molar-refractivity contribution in [1.29, 1.82) is 0 Å². The van der Waals surface area contributed by atoms with Crippen molar-refractivity contribution in [3.8, 4) is 33.9 Å². The molecule has 0 unspecified atom stereocenters. The Balaban J connectivity index is 1.45. The minimum atomic E-state index is 0.312. The topological polar surface area (TPSA) is 121 Å². The SMILES string of the molecule is CC(C)Nc1cncc(-c2ccc3[nH]nc(-c4nc5nccc(-c6ccoc6)c5[nH]4)c3n2)c1. The number of H-pyrrole nitrogens is 2. The predicted octanol–water partition coefficient (Wildman–Crippen LogP) is 5.04. The summed E-state index contributed by atoms with van der Waals surface area (Å²) >= 11 is 0. The molecular weight excluding hydrogens is 416 g/mol. The molecule has 33 heavy (non-hydrogen) atoms. The first kappa shape index (κ1) is 19.2. The van der Waals surface area contributed by atoms with Gasteiger partial charge in [-0.2, -0.15) is 5.10 Å². The zero-order valence-electron chi connectivity index (χ0n) is 18.0. The van der Waals surface area contributed by atoms with Gasteiger partial charge in [-0.3, -0.25) is 10.1 Å². The van der Waals surface area contributed by atoms with Gasteiger partial charge in [-0.1, -0.05) is 0 Å². The number of rotatable bonds is 5. The van der Waals surface area contributed by atoms with Gasteiger partial charge >= 0.3 is 0 Å². The van der Waals surface area contributed by atoms with Gasteiger partial charge in [-0.05, 0) is 44.2 Å². The van der Waals surface area contributed by atoms with Crippen molar-refractivity contribution >= 4 is 27.9 Å². The van der Waals surface area contributed by atoms with E-state index in [1.807, 2.05) is 42.7 Å². The van der Waals surface area contributed by atoms with Gasteiger partial charge in [-0.15, -0.1) is 0 Å². The van der Waals surface area contributed by atoms with Gasteiger partial charge in [0, 0.05) is 41.3 Å². The molecule has 0 bridgehead atoms. The Morgan fingerprint density at radius 2 is 1.97 bits per heavy atom. The quantitative estimate of drug-likeness (QED) is 0.346. The molecule has 0 atom stereocenters. The Morgan fingerprint density at radius 3 is 2.82 bits per heavy atom. The lowest BCUT2D eigenvalue weighted by Crippen LogP contribution is -2.09. The van der Waals surface area contributed by atoms with Crippen LogP contribution in [-0.4, -0.2) is 41.2 Å². The molecule has 0 spiro atoms. The van der Waals surface area contributed by atoms with Crippen LogP contribution in [0.3, 0.4) is 0 Å². The van der Waals surface area contributed by atoms with Crippen molar-refractivity contribution < 1.29 is 4.42 Å². The van der Waals surface area contributed by atoms with E-state index in [0.717, 1.165) is 44.6 Å². The van der Waals surface area contributed by atoms with Crippen LogP contribution in [0, 0.1) is 0 Å². The largest absolute Gasteiger partial charge is 0.472 e. The number of aromatic nitrogens is 7. The molecule has 0 amide bonds. The van der Waals surface area contributed by atoms with Gasteiger partial charge < -0.3 is 14.7 Å². The highest BCUT2D eigenvalue weighted by molar-refractivity contribution is 5.94. The minimum Gasteiger partial charge on any atom is -0.472 e. The first-order valence-electron chi connectivity index (χ1n) is 10.6. The third-order valence-electron chi connectivity index (χ3n) is 5.35. The van der Waals surface area contributed by atoms with Crippen LogP contribution in [0.4, 0.5) is 5.69 Å². The molecule has 9 heteroatoms. The number of furan rings is 1. The van der Waals surface area contributed by atoms with Crippen LogP contribution in [0.5, 0.6) is 0 Å². The van der Waals surface area contributed by atoms with Gasteiger partial charge in [0.05, 0.1) is 34.9 Å². The number of hydrogen-bond donors (Lipinski definition) is 3. The van der Waals surface area contributed by atoms with E-state index in [2.05, 4.69) is 49.3 Å². The lowest BCUT2D eigenvalue weighted by molar-refractivity contribution is 0.568. The fraction of sp³-hybridized carbons (Fsp3) is 0.125. The van der Waals surface area contributed by atoms with E-state index in [1.165, 1.54) is 0 Å². The van der Waals surface area contributed by atoms with Crippen LogP contribution in [-0.2, 0) is 0 Å². The third kappa shape index (κ3) is 3.39. The molecule has 0 saturated carbocycles. The highest BCUT2D eigenvalue weighted by Gasteiger charge is 2.17. The summed E-state index contributed by atoms with van der Waals surface area (Å²) in [6, 6.07) is 10.1. The van der Waals surface area contributed by atoms with Gasteiger partial charge in [0.15, 0.2) is 17.2 Å². The number of pyridine rings is 3. The zero-order valence-corrected chi connectivity index (χ0v) is 18.0. The number of nitrogens with one attached hydrogen (secondary N) is 3. The summed E-state index contributed by atoms with van der Waals surface area (Å²) in [4.78, 5) is 21.7. The summed E-state index contributed by atoms with van der Waals surface area (Å²) < 4.78 is 5.25. The summed E-state index contributed by atoms with van der Waals surface area (Å²) in [6.07, 6.45) is 8.70. The van der Waals surface area contributed by atoms with Crippen molar-refractivity contribution in [2.75, 3.05) is 5.32 Å². The number of aromatic amines is 2. The second-order valence-electron chi connectivity index (χ2n) is 8.08. The Kier molecular flexibility index (Phi) is 4.39. The molecule has 0 aliphatic rings. The first-order valence-corrected chi connectivity index (χ1v) is 10.6. The highest BCUT2D eigenvalue weighted by Crippen LogP contribution is 2.31. The molecule has 9 nitrogen and oxygen atoms in total. The fourth-order valence-corrected chi connectivity index (χ4v) is 3.90. The number of anilines is 1. The molecule has 6 aromatic heterocycles. The molecule has 0 aliphatic carbocycles. The molecule has 0 aliphatic heterocycles. The van der Waals surface area contributed by atoms with Crippen molar-refractivity contribution in [1.82, 2.24) is 35.1 Å². The molecule has 6 heterocycles. The molecule has 6 rings (SSSR count). The van der Waals surface area contributed by atoms with Crippen LogP contribution < -0.4 is 5.32 Å². The number of imidazole rings is 1. The van der Waals surface area contributed by atoms with E-state index in [4.69, 9.17) is 9.40 Å². The first-order chi connectivity index (χ1) is 16.2. The summed E-state index contributed by atoms with van der Waals surface area (Å²) in [5, 5.41) is 10.9. The molecular formula is C24H20N8O. The van der Waals surface area contributed by atoms with E-state index in [1.54, 1.807) is 18.7 Å². The molecule has 0 aromatic carbocycles. The van der Waals surface area contributed by atoms with Crippen LogP contribution in [0.1, 0.15) is 13.8 Å². The fourth-order valence-electron chi connectivity index (χ4n) is 3.90.